The molecule has 2 aromatic carbocycles. The lowest BCUT2D eigenvalue weighted by Gasteiger charge is -2.42. The van der Waals surface area contributed by atoms with Gasteiger partial charge >= 0.3 is 0 Å². The Balaban J connectivity index is 1.81. The molecule has 122 valence electrons. The maximum Gasteiger partial charge on any atom is 0.0352 e. The van der Waals surface area contributed by atoms with Gasteiger partial charge in [0.15, 0.2) is 0 Å². The molecule has 1 heteroatoms. The van der Waals surface area contributed by atoms with Crippen LogP contribution < -0.4 is 0 Å². The summed E-state index contributed by atoms with van der Waals surface area (Å²) in [6.07, 6.45) is 3.69. The van der Waals surface area contributed by atoms with Crippen molar-refractivity contribution in [2.75, 3.05) is 0 Å². The van der Waals surface area contributed by atoms with Crippen molar-refractivity contribution in [2.24, 2.45) is 0 Å². The van der Waals surface area contributed by atoms with Crippen molar-refractivity contribution in [3.05, 3.63) is 58.0 Å². The molecular weight excluding hydrogens is 308 g/mol. The molecule has 2 aliphatic carbocycles. The Kier molecular flexibility index (Phi) is 2.77. The summed E-state index contributed by atoms with van der Waals surface area (Å²) in [4.78, 5) is 1.56. The van der Waals surface area contributed by atoms with Crippen molar-refractivity contribution in [1.29, 1.82) is 0 Å². The van der Waals surface area contributed by atoms with E-state index in [9.17, 15) is 0 Å². The molecular formula is C23H24S. The average Bonchev–Trinajstić information content (AvgIpc) is 3.06. The molecule has 0 saturated heterocycles. The minimum atomic E-state index is 0.286. The third kappa shape index (κ3) is 1.85. The zero-order valence-electron chi connectivity index (χ0n) is 15.0. The molecule has 1 heterocycles. The van der Waals surface area contributed by atoms with Gasteiger partial charge in [0.2, 0.25) is 0 Å². The maximum atomic E-state index is 2.55. The summed E-state index contributed by atoms with van der Waals surface area (Å²) in [6, 6.07) is 14.0. The molecule has 0 N–H and O–H groups in total. The lowest BCUT2D eigenvalue weighted by Crippen LogP contribution is -2.34. The van der Waals surface area contributed by atoms with Gasteiger partial charge in [-0.25, -0.2) is 0 Å². The van der Waals surface area contributed by atoms with E-state index in [4.69, 9.17) is 0 Å². The van der Waals surface area contributed by atoms with Crippen LogP contribution in [0.5, 0.6) is 0 Å². The van der Waals surface area contributed by atoms with Crippen molar-refractivity contribution < 1.29 is 0 Å². The Morgan fingerprint density at radius 2 is 1.54 bits per heavy atom. The van der Waals surface area contributed by atoms with Gasteiger partial charge in [-0.3, -0.25) is 0 Å². The molecule has 0 amide bonds. The van der Waals surface area contributed by atoms with Gasteiger partial charge in [0.25, 0.3) is 0 Å². The lowest BCUT2D eigenvalue weighted by atomic mass is 9.62. The first kappa shape index (κ1) is 14.7. The van der Waals surface area contributed by atoms with E-state index in [0.717, 1.165) is 6.42 Å². The normalized spacial score (nSPS) is 19.8. The maximum absolute atomic E-state index is 2.55. The molecule has 0 fully saturated rings. The quantitative estimate of drug-likeness (QED) is 0.331. The Morgan fingerprint density at radius 3 is 2.29 bits per heavy atom. The van der Waals surface area contributed by atoms with Gasteiger partial charge in [-0.2, -0.15) is 0 Å². The van der Waals surface area contributed by atoms with E-state index in [1.807, 2.05) is 11.3 Å². The minimum Gasteiger partial charge on any atom is -0.139 e. The van der Waals surface area contributed by atoms with Crippen LogP contribution in [0.15, 0.2) is 36.4 Å². The standard InChI is InChI=1S/C23H24S/c1-22(2)9-10-23(3,4)18-13-16-14(11-17(18)22)12-20-21(16)15-7-5-6-8-19(15)24-20/h5-8,11,13H,9-10,12H2,1-4H3. The molecule has 0 unspecified atom stereocenters. The molecule has 0 atom stereocenters. The van der Waals surface area contributed by atoms with Gasteiger partial charge in [0.1, 0.15) is 0 Å². The van der Waals surface area contributed by atoms with Gasteiger partial charge in [-0.1, -0.05) is 52.0 Å². The molecule has 0 spiro atoms. The minimum absolute atomic E-state index is 0.286. The van der Waals surface area contributed by atoms with Gasteiger partial charge in [0, 0.05) is 26.9 Å². The molecule has 0 radical (unpaired) electrons. The fourth-order valence-corrected chi connectivity index (χ4v) is 5.97. The number of fused-ring (bicyclic) bond motifs is 6. The highest BCUT2D eigenvalue weighted by Crippen LogP contribution is 2.52. The van der Waals surface area contributed by atoms with E-state index < -0.39 is 0 Å². The topological polar surface area (TPSA) is 0 Å². The van der Waals surface area contributed by atoms with E-state index in [-0.39, 0.29) is 5.41 Å². The highest BCUT2D eigenvalue weighted by molar-refractivity contribution is 7.19. The molecule has 0 bridgehead atoms. The Morgan fingerprint density at radius 1 is 0.875 bits per heavy atom. The Hall–Kier alpha value is -1.60. The third-order valence-corrected chi connectivity index (χ3v) is 7.54. The molecule has 0 nitrogen and oxygen atoms in total. The molecule has 0 aliphatic heterocycles. The van der Waals surface area contributed by atoms with Crippen LogP contribution in [0.2, 0.25) is 0 Å². The van der Waals surface area contributed by atoms with Crippen LogP contribution in [0.25, 0.3) is 21.2 Å². The number of benzene rings is 2. The second kappa shape index (κ2) is 4.52. The van der Waals surface area contributed by atoms with Gasteiger partial charge < -0.3 is 0 Å². The smallest absolute Gasteiger partial charge is 0.0352 e. The predicted molar refractivity (Wildman–Crippen MR) is 105 cm³/mol. The van der Waals surface area contributed by atoms with Crippen LogP contribution in [-0.2, 0) is 17.3 Å². The summed E-state index contributed by atoms with van der Waals surface area (Å²) >= 11 is 1.99. The van der Waals surface area contributed by atoms with Crippen LogP contribution in [0.4, 0.5) is 0 Å². The summed E-state index contributed by atoms with van der Waals surface area (Å²) < 4.78 is 1.44. The highest BCUT2D eigenvalue weighted by Gasteiger charge is 2.39. The SMILES string of the molecule is CC1(C)CCC(C)(C)c2cc3c(cc21)Cc1sc2ccccc2c1-3. The Labute approximate surface area is 148 Å². The van der Waals surface area contributed by atoms with E-state index in [1.54, 1.807) is 21.6 Å². The molecule has 3 aromatic rings. The first-order valence-corrected chi connectivity index (χ1v) is 9.87. The summed E-state index contributed by atoms with van der Waals surface area (Å²) in [6.45, 7) is 9.70. The van der Waals surface area contributed by atoms with Crippen molar-refractivity contribution in [1.82, 2.24) is 0 Å². The fraction of sp³-hybridized carbons (Fsp3) is 0.391. The summed E-state index contributed by atoms with van der Waals surface area (Å²) in [5.74, 6) is 0. The average molecular weight is 333 g/mol. The lowest BCUT2D eigenvalue weighted by molar-refractivity contribution is 0.332. The number of thiophene rings is 1. The van der Waals surface area contributed by atoms with Crippen molar-refractivity contribution in [3.8, 4) is 11.1 Å². The predicted octanol–water partition coefficient (Wildman–Crippen LogP) is 6.82. The van der Waals surface area contributed by atoms with E-state index >= 15 is 0 Å². The number of hydrogen-bond acceptors (Lipinski definition) is 1. The van der Waals surface area contributed by atoms with E-state index in [0.29, 0.717) is 5.41 Å². The fourth-order valence-electron chi connectivity index (χ4n) is 4.73. The van der Waals surface area contributed by atoms with Crippen LogP contribution >= 0.6 is 11.3 Å². The number of rotatable bonds is 0. The summed E-state index contributed by atoms with van der Waals surface area (Å²) in [5.41, 5.74) is 8.34. The largest absolute Gasteiger partial charge is 0.139 e. The molecule has 5 rings (SSSR count). The molecule has 1 aromatic heterocycles. The van der Waals surface area contributed by atoms with Crippen molar-refractivity contribution >= 4 is 21.4 Å². The summed E-state index contributed by atoms with van der Waals surface area (Å²) in [5, 5.41) is 1.45. The molecule has 2 aliphatic rings. The van der Waals surface area contributed by atoms with E-state index in [1.165, 1.54) is 34.1 Å². The molecule has 0 saturated carbocycles. The first-order chi connectivity index (χ1) is 11.4. The van der Waals surface area contributed by atoms with Gasteiger partial charge in [-0.15, -0.1) is 11.3 Å². The van der Waals surface area contributed by atoms with Crippen molar-refractivity contribution in [3.63, 3.8) is 0 Å². The number of hydrogen-bond donors (Lipinski definition) is 0. The highest BCUT2D eigenvalue weighted by atomic mass is 32.1. The summed E-state index contributed by atoms with van der Waals surface area (Å²) in [7, 11) is 0. The van der Waals surface area contributed by atoms with Crippen LogP contribution in [0, 0.1) is 0 Å². The van der Waals surface area contributed by atoms with E-state index in [2.05, 4.69) is 64.1 Å². The first-order valence-electron chi connectivity index (χ1n) is 9.05. The third-order valence-electron chi connectivity index (χ3n) is 6.37. The molecule has 24 heavy (non-hydrogen) atoms. The van der Waals surface area contributed by atoms with Gasteiger partial charge in [-0.05, 0) is 58.1 Å². The van der Waals surface area contributed by atoms with Crippen LogP contribution in [0.1, 0.15) is 62.1 Å². The van der Waals surface area contributed by atoms with Gasteiger partial charge in [0.05, 0.1) is 0 Å². The van der Waals surface area contributed by atoms with Crippen LogP contribution in [0.3, 0.4) is 0 Å². The Bertz CT molecular complexity index is 985. The second-order valence-electron chi connectivity index (χ2n) is 8.90. The van der Waals surface area contributed by atoms with Crippen molar-refractivity contribution in [2.45, 2.75) is 57.8 Å². The monoisotopic (exact) mass is 332 g/mol. The zero-order valence-corrected chi connectivity index (χ0v) is 15.8. The second-order valence-corrected chi connectivity index (χ2v) is 10.0. The zero-order chi connectivity index (χ0) is 16.7. The van der Waals surface area contributed by atoms with Crippen LogP contribution in [-0.4, -0.2) is 0 Å².